The molecular formula is C23H17N3O5. The number of rotatable bonds is 5. The maximum atomic E-state index is 12.6. The van der Waals surface area contributed by atoms with Crippen molar-refractivity contribution in [2.24, 2.45) is 5.10 Å². The molecule has 1 N–H and O–H groups in total. The van der Waals surface area contributed by atoms with Crippen LogP contribution in [0.4, 0.5) is 11.4 Å². The van der Waals surface area contributed by atoms with E-state index >= 15 is 0 Å². The summed E-state index contributed by atoms with van der Waals surface area (Å²) >= 11 is 0. The van der Waals surface area contributed by atoms with Crippen LogP contribution < -0.4 is 20.9 Å². The largest absolute Gasteiger partial charge is 0.497 e. The van der Waals surface area contributed by atoms with Crippen molar-refractivity contribution in [2.75, 3.05) is 12.5 Å². The molecule has 0 aliphatic rings. The van der Waals surface area contributed by atoms with Gasteiger partial charge in [-0.1, -0.05) is 12.1 Å². The lowest BCUT2D eigenvalue weighted by atomic mass is 10.1. The Morgan fingerprint density at radius 1 is 1.00 bits per heavy atom. The summed E-state index contributed by atoms with van der Waals surface area (Å²) in [5.41, 5.74) is 4.08. The lowest BCUT2D eigenvalue weighted by Crippen LogP contribution is -2.10. The Morgan fingerprint density at radius 3 is 2.39 bits per heavy atom. The number of nitro benzene ring substituents is 1. The second-order valence-electron chi connectivity index (χ2n) is 6.58. The summed E-state index contributed by atoms with van der Waals surface area (Å²) < 4.78 is 11.1. The Bertz CT molecular complexity index is 1380. The molecule has 0 aliphatic carbocycles. The van der Waals surface area contributed by atoms with E-state index in [2.05, 4.69) is 10.5 Å². The summed E-state index contributed by atoms with van der Waals surface area (Å²) in [5, 5.41) is 16.3. The third kappa shape index (κ3) is 4.27. The SMILES string of the molecule is COc1ccc(-c2c/c(=N\Nc3ccc([N+](=O)[O-])cc3)c3ccccc(=O)c3o2)cc1. The van der Waals surface area contributed by atoms with E-state index in [9.17, 15) is 14.9 Å². The molecule has 4 aromatic rings. The first-order valence-corrected chi connectivity index (χ1v) is 9.31. The number of hydrogen-bond donors (Lipinski definition) is 1. The Morgan fingerprint density at radius 2 is 1.71 bits per heavy atom. The highest BCUT2D eigenvalue weighted by molar-refractivity contribution is 5.77. The minimum absolute atomic E-state index is 0.0145. The number of nitrogens with zero attached hydrogens (tertiary/aromatic N) is 2. The van der Waals surface area contributed by atoms with Gasteiger partial charge in [-0.25, -0.2) is 0 Å². The van der Waals surface area contributed by atoms with Gasteiger partial charge in [0.1, 0.15) is 11.5 Å². The van der Waals surface area contributed by atoms with Crippen LogP contribution in [0, 0.1) is 10.1 Å². The van der Waals surface area contributed by atoms with E-state index in [4.69, 9.17) is 9.15 Å². The van der Waals surface area contributed by atoms with Gasteiger partial charge in [-0.05, 0) is 48.5 Å². The number of hydrogen-bond acceptors (Lipinski definition) is 7. The van der Waals surface area contributed by atoms with Crippen LogP contribution in [0.25, 0.3) is 22.3 Å². The summed E-state index contributed by atoms with van der Waals surface area (Å²) in [6.45, 7) is 0. The van der Waals surface area contributed by atoms with E-state index in [0.717, 1.165) is 5.56 Å². The van der Waals surface area contributed by atoms with Crippen LogP contribution in [0.5, 0.6) is 5.75 Å². The molecule has 8 nitrogen and oxygen atoms in total. The molecule has 1 aromatic heterocycles. The fraction of sp³-hybridized carbons (Fsp3) is 0.0435. The molecule has 0 atom stereocenters. The van der Waals surface area contributed by atoms with Gasteiger partial charge < -0.3 is 9.15 Å². The van der Waals surface area contributed by atoms with Gasteiger partial charge in [0, 0.05) is 29.1 Å². The molecule has 0 radical (unpaired) electrons. The van der Waals surface area contributed by atoms with E-state index in [-0.39, 0.29) is 16.7 Å². The molecule has 0 saturated carbocycles. The summed E-state index contributed by atoms with van der Waals surface area (Å²) in [4.78, 5) is 22.9. The van der Waals surface area contributed by atoms with Crippen molar-refractivity contribution in [3.63, 3.8) is 0 Å². The highest BCUT2D eigenvalue weighted by Gasteiger charge is 2.09. The van der Waals surface area contributed by atoms with Crippen LogP contribution in [0.15, 0.2) is 93.2 Å². The Kier molecular flexibility index (Phi) is 5.44. The van der Waals surface area contributed by atoms with Crippen molar-refractivity contribution in [3.05, 3.63) is 105 Å². The van der Waals surface area contributed by atoms with Crippen LogP contribution in [0.2, 0.25) is 0 Å². The minimum atomic E-state index is -0.468. The summed E-state index contributed by atoms with van der Waals surface area (Å²) in [6, 6.07) is 21.4. The number of nitrogens with one attached hydrogen (secondary N) is 1. The van der Waals surface area contributed by atoms with E-state index in [0.29, 0.717) is 27.9 Å². The second kappa shape index (κ2) is 8.50. The number of ether oxygens (including phenoxy) is 1. The predicted molar refractivity (Wildman–Crippen MR) is 117 cm³/mol. The van der Waals surface area contributed by atoms with Crippen LogP contribution in [0.3, 0.4) is 0 Å². The molecule has 0 amide bonds. The first-order chi connectivity index (χ1) is 15.0. The third-order valence-electron chi connectivity index (χ3n) is 4.60. The molecule has 3 aromatic carbocycles. The van der Waals surface area contributed by atoms with E-state index in [1.165, 1.54) is 18.2 Å². The van der Waals surface area contributed by atoms with Crippen LogP contribution in [-0.2, 0) is 0 Å². The standard InChI is InChI=1S/C23H17N3O5/c1-30-18-12-6-15(7-13-18)22-14-20(19-4-2-3-5-21(27)23(19)31-22)25-24-16-8-10-17(11-9-16)26(28)29/h2-14,24H,1H3/b25-20+. The number of non-ortho nitro benzene ring substituents is 1. The lowest BCUT2D eigenvalue weighted by molar-refractivity contribution is -0.384. The van der Waals surface area contributed by atoms with Crippen molar-refractivity contribution in [1.82, 2.24) is 0 Å². The van der Waals surface area contributed by atoms with Gasteiger partial charge in [0.15, 0.2) is 5.58 Å². The molecule has 0 saturated heterocycles. The minimum Gasteiger partial charge on any atom is -0.497 e. The second-order valence-corrected chi connectivity index (χ2v) is 6.58. The monoisotopic (exact) mass is 415 g/mol. The zero-order valence-electron chi connectivity index (χ0n) is 16.4. The Labute approximate surface area is 176 Å². The van der Waals surface area contributed by atoms with E-state index in [1.54, 1.807) is 55.6 Å². The number of nitro groups is 1. The molecule has 31 heavy (non-hydrogen) atoms. The molecule has 0 aliphatic heterocycles. The highest BCUT2D eigenvalue weighted by Crippen LogP contribution is 2.23. The molecule has 0 spiro atoms. The fourth-order valence-electron chi connectivity index (χ4n) is 3.00. The van der Waals surface area contributed by atoms with Crippen molar-refractivity contribution < 1.29 is 14.1 Å². The molecule has 1 heterocycles. The number of methoxy groups -OCH3 is 1. The maximum Gasteiger partial charge on any atom is 0.269 e. The van der Waals surface area contributed by atoms with Gasteiger partial charge >= 0.3 is 0 Å². The topological polar surface area (TPSA) is 107 Å². The van der Waals surface area contributed by atoms with Gasteiger partial charge in [0.2, 0.25) is 5.43 Å². The summed E-state index contributed by atoms with van der Waals surface area (Å²) in [7, 11) is 1.58. The molecule has 0 unspecified atom stereocenters. The van der Waals surface area contributed by atoms with Crippen LogP contribution in [-0.4, -0.2) is 12.0 Å². The van der Waals surface area contributed by atoms with Crippen molar-refractivity contribution >= 4 is 22.3 Å². The molecule has 0 bridgehead atoms. The molecule has 0 fully saturated rings. The number of fused-ring (bicyclic) bond motifs is 1. The first-order valence-electron chi connectivity index (χ1n) is 9.31. The smallest absolute Gasteiger partial charge is 0.269 e. The van der Waals surface area contributed by atoms with Crippen LogP contribution in [0.1, 0.15) is 0 Å². The third-order valence-corrected chi connectivity index (χ3v) is 4.60. The normalized spacial score (nSPS) is 11.3. The molecule has 4 rings (SSSR count). The van der Waals surface area contributed by atoms with Gasteiger partial charge in [0.05, 0.1) is 23.1 Å². The van der Waals surface area contributed by atoms with Crippen molar-refractivity contribution in [3.8, 4) is 17.1 Å². The van der Waals surface area contributed by atoms with Gasteiger partial charge in [-0.3, -0.25) is 20.3 Å². The zero-order valence-corrected chi connectivity index (χ0v) is 16.4. The fourth-order valence-corrected chi connectivity index (χ4v) is 3.00. The molecule has 8 heteroatoms. The lowest BCUT2D eigenvalue weighted by Gasteiger charge is -2.05. The van der Waals surface area contributed by atoms with Crippen molar-refractivity contribution in [1.29, 1.82) is 0 Å². The Balaban J connectivity index is 1.85. The van der Waals surface area contributed by atoms with E-state index in [1.807, 2.05) is 12.1 Å². The zero-order chi connectivity index (χ0) is 21.8. The highest BCUT2D eigenvalue weighted by atomic mass is 16.6. The quantitative estimate of drug-likeness (QED) is 0.385. The molecule has 154 valence electrons. The van der Waals surface area contributed by atoms with Crippen molar-refractivity contribution in [2.45, 2.75) is 0 Å². The summed E-state index contributed by atoms with van der Waals surface area (Å²) in [6.07, 6.45) is 0. The van der Waals surface area contributed by atoms with Gasteiger partial charge in [0.25, 0.3) is 5.69 Å². The number of benzene rings is 2. The predicted octanol–water partition coefficient (Wildman–Crippen LogP) is 4.30. The maximum absolute atomic E-state index is 12.6. The van der Waals surface area contributed by atoms with Gasteiger partial charge in [-0.2, -0.15) is 5.10 Å². The summed E-state index contributed by atoms with van der Waals surface area (Å²) in [5.74, 6) is 1.16. The van der Waals surface area contributed by atoms with Gasteiger partial charge in [-0.15, -0.1) is 0 Å². The van der Waals surface area contributed by atoms with E-state index < -0.39 is 4.92 Å². The first kappa shape index (κ1) is 19.8. The Hall–Kier alpha value is -4.46. The number of anilines is 1. The average molecular weight is 415 g/mol. The average Bonchev–Trinajstić information content (AvgIpc) is 2.99. The van der Waals surface area contributed by atoms with Crippen LogP contribution >= 0.6 is 0 Å². The molecular weight excluding hydrogens is 398 g/mol.